The summed E-state index contributed by atoms with van der Waals surface area (Å²) in [5.41, 5.74) is 2.38. The molecule has 0 saturated heterocycles. The van der Waals surface area contributed by atoms with Crippen LogP contribution in [0.3, 0.4) is 0 Å². The lowest BCUT2D eigenvalue weighted by molar-refractivity contribution is 0.0777. The first-order chi connectivity index (χ1) is 16.0. The Hall–Kier alpha value is -4.32. The number of aromatic amines is 1. The third-order valence-corrected chi connectivity index (χ3v) is 5.45. The number of nitrogens with zero attached hydrogens (tertiary/aromatic N) is 5. The largest absolute Gasteiger partial charge is 0.474 e. The van der Waals surface area contributed by atoms with E-state index in [1.54, 1.807) is 19.2 Å². The Bertz CT molecular complexity index is 1390. The van der Waals surface area contributed by atoms with Crippen LogP contribution >= 0.6 is 0 Å². The van der Waals surface area contributed by atoms with Gasteiger partial charge in [-0.1, -0.05) is 30.3 Å². The van der Waals surface area contributed by atoms with Crippen LogP contribution in [0.15, 0.2) is 48.8 Å². The van der Waals surface area contributed by atoms with Gasteiger partial charge in [-0.3, -0.25) is 9.89 Å². The highest BCUT2D eigenvalue weighted by Gasteiger charge is 2.28. The van der Waals surface area contributed by atoms with Crippen LogP contribution in [0.2, 0.25) is 0 Å². The van der Waals surface area contributed by atoms with Gasteiger partial charge in [0.15, 0.2) is 5.69 Å². The van der Waals surface area contributed by atoms with Gasteiger partial charge in [0.05, 0.1) is 22.7 Å². The molecular formula is C24H19FN6O2. The number of rotatable bonds is 6. The van der Waals surface area contributed by atoms with E-state index in [0.29, 0.717) is 22.0 Å². The first-order valence-corrected chi connectivity index (χ1v) is 10.4. The first kappa shape index (κ1) is 20.6. The van der Waals surface area contributed by atoms with Gasteiger partial charge in [-0.05, 0) is 18.4 Å². The minimum Gasteiger partial charge on any atom is -0.474 e. The van der Waals surface area contributed by atoms with Crippen LogP contribution in [0.1, 0.15) is 34.6 Å². The lowest BCUT2D eigenvalue weighted by Crippen LogP contribution is -2.27. The van der Waals surface area contributed by atoms with Gasteiger partial charge in [0.2, 0.25) is 5.88 Å². The maximum absolute atomic E-state index is 15.2. The number of nitrogens with one attached hydrogen (secondary N) is 1. The highest BCUT2D eigenvalue weighted by Crippen LogP contribution is 2.36. The number of hydrogen-bond acceptors (Lipinski definition) is 6. The van der Waals surface area contributed by atoms with Crippen LogP contribution in [0.25, 0.3) is 22.0 Å². The Morgan fingerprint density at radius 1 is 1.30 bits per heavy atom. The summed E-state index contributed by atoms with van der Waals surface area (Å²) in [5, 5.41) is 16.6. The molecule has 164 valence electrons. The Morgan fingerprint density at radius 2 is 2.09 bits per heavy atom. The second-order valence-corrected chi connectivity index (χ2v) is 7.92. The third kappa shape index (κ3) is 3.99. The fourth-order valence-corrected chi connectivity index (χ4v) is 3.62. The number of pyridine rings is 2. The van der Waals surface area contributed by atoms with Crippen molar-refractivity contribution in [2.45, 2.75) is 25.5 Å². The summed E-state index contributed by atoms with van der Waals surface area (Å²) in [4.78, 5) is 23.1. The summed E-state index contributed by atoms with van der Waals surface area (Å²) in [6.07, 6.45) is 4.79. The predicted octanol–water partition coefficient (Wildman–Crippen LogP) is 3.84. The average molecular weight is 442 g/mol. The molecule has 0 spiro atoms. The molecule has 9 heteroatoms. The standard InChI is InChI=1S/C24H19FN6O2/c1-31(13-15-11-27-20(10-26)17-12-28-30-22(15)17)24(32)19-9-18(25)21(14-5-3-2-4-6-14)23(29-19)33-16-7-8-16/h2-6,9,11-12,16H,7-8,13H2,1H3,(H,28,30). The Balaban J connectivity index is 1.46. The van der Waals surface area contributed by atoms with Gasteiger partial charge in [-0.15, -0.1) is 0 Å². The molecule has 4 aromatic rings. The fraction of sp³-hybridized carbons (Fsp3) is 0.208. The van der Waals surface area contributed by atoms with Gasteiger partial charge < -0.3 is 9.64 Å². The molecule has 1 aromatic carbocycles. The van der Waals surface area contributed by atoms with Crippen molar-refractivity contribution in [3.63, 3.8) is 0 Å². The van der Waals surface area contributed by atoms with E-state index in [1.807, 2.05) is 24.3 Å². The summed E-state index contributed by atoms with van der Waals surface area (Å²) in [6.45, 7) is 0.165. The van der Waals surface area contributed by atoms with E-state index in [9.17, 15) is 10.1 Å². The molecule has 1 aliphatic rings. The second-order valence-electron chi connectivity index (χ2n) is 7.92. The predicted molar refractivity (Wildman–Crippen MR) is 118 cm³/mol. The number of carbonyl (C=O) groups excluding carboxylic acids is 1. The summed E-state index contributed by atoms with van der Waals surface area (Å²) < 4.78 is 21.1. The summed E-state index contributed by atoms with van der Waals surface area (Å²) >= 11 is 0. The average Bonchev–Trinajstić information content (AvgIpc) is 3.50. The quantitative estimate of drug-likeness (QED) is 0.486. The summed E-state index contributed by atoms with van der Waals surface area (Å²) in [7, 11) is 1.59. The Kier molecular flexibility index (Phi) is 5.18. The van der Waals surface area contributed by atoms with E-state index in [1.165, 1.54) is 17.3 Å². The van der Waals surface area contributed by atoms with Crippen LogP contribution < -0.4 is 4.74 Å². The zero-order valence-corrected chi connectivity index (χ0v) is 17.7. The van der Waals surface area contributed by atoms with E-state index in [2.05, 4.69) is 20.2 Å². The molecule has 1 saturated carbocycles. The molecule has 0 unspecified atom stereocenters. The fourth-order valence-electron chi connectivity index (χ4n) is 3.62. The number of fused-ring (bicyclic) bond motifs is 1. The van der Waals surface area contributed by atoms with Crippen LogP contribution in [-0.2, 0) is 6.54 Å². The van der Waals surface area contributed by atoms with Crippen molar-refractivity contribution in [1.29, 1.82) is 5.26 Å². The molecule has 33 heavy (non-hydrogen) atoms. The number of amides is 1. The minimum atomic E-state index is -0.570. The molecule has 0 radical (unpaired) electrons. The molecule has 3 heterocycles. The molecule has 3 aromatic heterocycles. The number of halogens is 1. The van der Waals surface area contributed by atoms with Gasteiger partial charge in [-0.2, -0.15) is 10.4 Å². The van der Waals surface area contributed by atoms with Gasteiger partial charge in [0.25, 0.3) is 5.91 Å². The monoisotopic (exact) mass is 442 g/mol. The highest BCUT2D eigenvalue weighted by molar-refractivity contribution is 5.93. The van der Waals surface area contributed by atoms with Crippen molar-refractivity contribution in [3.8, 4) is 23.1 Å². The van der Waals surface area contributed by atoms with Crippen LogP contribution in [-0.4, -0.2) is 44.1 Å². The van der Waals surface area contributed by atoms with Gasteiger partial charge in [0, 0.05) is 31.4 Å². The van der Waals surface area contributed by atoms with E-state index in [4.69, 9.17) is 4.74 Å². The minimum absolute atomic E-state index is 0.0131. The molecule has 0 aliphatic heterocycles. The molecule has 0 bridgehead atoms. The Morgan fingerprint density at radius 3 is 2.82 bits per heavy atom. The lowest BCUT2D eigenvalue weighted by Gasteiger charge is -2.19. The normalized spacial score (nSPS) is 13.0. The maximum Gasteiger partial charge on any atom is 0.272 e. The Labute approximate surface area is 188 Å². The highest BCUT2D eigenvalue weighted by atomic mass is 19.1. The number of carbonyl (C=O) groups is 1. The van der Waals surface area contributed by atoms with Gasteiger partial charge in [0.1, 0.15) is 23.7 Å². The van der Waals surface area contributed by atoms with Crippen molar-refractivity contribution in [2.24, 2.45) is 0 Å². The molecule has 8 nitrogen and oxygen atoms in total. The lowest BCUT2D eigenvalue weighted by atomic mass is 10.1. The zero-order chi connectivity index (χ0) is 22.9. The molecular weight excluding hydrogens is 423 g/mol. The van der Waals surface area contributed by atoms with Crippen LogP contribution in [0.4, 0.5) is 4.39 Å². The van der Waals surface area contributed by atoms with E-state index in [0.717, 1.165) is 18.9 Å². The molecule has 0 atom stereocenters. The van der Waals surface area contributed by atoms with Crippen molar-refractivity contribution in [2.75, 3.05) is 7.05 Å². The number of nitriles is 1. The van der Waals surface area contributed by atoms with Gasteiger partial charge >= 0.3 is 0 Å². The van der Waals surface area contributed by atoms with Crippen LogP contribution in [0, 0.1) is 17.1 Å². The number of benzene rings is 1. The molecule has 1 amide bonds. The van der Waals surface area contributed by atoms with Crippen molar-refractivity contribution < 1.29 is 13.9 Å². The number of aromatic nitrogens is 4. The smallest absolute Gasteiger partial charge is 0.272 e. The summed E-state index contributed by atoms with van der Waals surface area (Å²) in [5.74, 6) is -0.915. The maximum atomic E-state index is 15.2. The SMILES string of the molecule is CN(Cc1cnc(C#N)c2cn[nH]c12)C(=O)c1cc(F)c(-c2ccccc2)c(OC2CC2)n1. The van der Waals surface area contributed by atoms with Crippen LogP contribution in [0.5, 0.6) is 5.88 Å². The molecule has 5 rings (SSSR count). The molecule has 1 fully saturated rings. The third-order valence-electron chi connectivity index (χ3n) is 5.45. The van der Waals surface area contributed by atoms with E-state index < -0.39 is 11.7 Å². The number of ether oxygens (including phenoxy) is 1. The zero-order valence-electron chi connectivity index (χ0n) is 17.7. The topological polar surface area (TPSA) is 108 Å². The van der Waals surface area contributed by atoms with Crippen molar-refractivity contribution in [3.05, 3.63) is 71.6 Å². The van der Waals surface area contributed by atoms with E-state index >= 15 is 4.39 Å². The number of hydrogen-bond donors (Lipinski definition) is 1. The van der Waals surface area contributed by atoms with E-state index in [-0.39, 0.29) is 35.5 Å². The van der Waals surface area contributed by atoms with Gasteiger partial charge in [-0.25, -0.2) is 14.4 Å². The van der Waals surface area contributed by atoms with Crippen molar-refractivity contribution >= 4 is 16.8 Å². The van der Waals surface area contributed by atoms with Crippen molar-refractivity contribution in [1.82, 2.24) is 25.1 Å². The summed E-state index contributed by atoms with van der Waals surface area (Å²) in [6, 6.07) is 12.2. The molecule has 1 N–H and O–H groups in total. The number of H-pyrrole nitrogens is 1. The molecule has 1 aliphatic carbocycles. The second kappa shape index (κ2) is 8.31. The first-order valence-electron chi connectivity index (χ1n) is 10.4.